The van der Waals surface area contributed by atoms with Crippen LogP contribution in [0, 0.1) is 0 Å². The van der Waals surface area contributed by atoms with Crippen molar-refractivity contribution >= 4 is 5.91 Å². The zero-order valence-electron chi connectivity index (χ0n) is 19.3. The number of nitrogens with zero attached hydrogens (tertiary/aromatic N) is 2. The molecule has 170 valence electrons. The van der Waals surface area contributed by atoms with E-state index in [1.165, 1.54) is 5.56 Å². The molecule has 0 unspecified atom stereocenters. The van der Waals surface area contributed by atoms with Crippen molar-refractivity contribution in [1.82, 2.24) is 15.5 Å². The number of nitrogens with one attached hydrogen (secondary N) is 1. The fraction of sp³-hybridized carbons (Fsp3) is 0.375. The van der Waals surface area contributed by atoms with Crippen LogP contribution in [-0.2, 0) is 16.8 Å². The molecule has 0 saturated carbocycles. The predicted molar refractivity (Wildman–Crippen MR) is 120 cm³/mol. The second-order valence-electron chi connectivity index (χ2n) is 8.33. The number of rotatable bonds is 8. The Labute approximate surface area is 187 Å². The largest absolute Gasteiger partial charge is 0.497 e. The van der Waals surface area contributed by atoms with Gasteiger partial charge in [-0.15, -0.1) is 0 Å². The Balaban J connectivity index is 1.58. The number of carbonyl (C=O) groups is 1. The average Bonchev–Trinajstić information content (AvgIpc) is 3.25. The van der Waals surface area contributed by atoms with Crippen LogP contribution in [0.15, 0.2) is 47.0 Å². The van der Waals surface area contributed by atoms with Gasteiger partial charge < -0.3 is 24.1 Å². The van der Waals surface area contributed by atoms with Gasteiger partial charge in [-0.1, -0.05) is 38.1 Å². The van der Waals surface area contributed by atoms with E-state index in [2.05, 4.69) is 36.2 Å². The molecule has 8 heteroatoms. The number of amides is 1. The Hall–Kier alpha value is -3.55. The Kier molecular flexibility index (Phi) is 7.02. The molecule has 32 heavy (non-hydrogen) atoms. The molecule has 0 aliphatic rings. The first-order valence-corrected chi connectivity index (χ1v) is 10.3. The highest BCUT2D eigenvalue weighted by Crippen LogP contribution is 2.31. The van der Waals surface area contributed by atoms with E-state index in [-0.39, 0.29) is 23.8 Å². The molecular formula is C24H29N3O5. The van der Waals surface area contributed by atoms with Crippen molar-refractivity contribution in [3.05, 3.63) is 53.9 Å². The van der Waals surface area contributed by atoms with Crippen molar-refractivity contribution in [3.63, 3.8) is 0 Å². The molecule has 8 nitrogen and oxygen atoms in total. The zero-order chi connectivity index (χ0) is 23.3. The molecule has 1 atom stereocenters. The van der Waals surface area contributed by atoms with Crippen molar-refractivity contribution < 1.29 is 23.5 Å². The lowest BCUT2D eigenvalue weighted by molar-refractivity contribution is -0.127. The summed E-state index contributed by atoms with van der Waals surface area (Å²) in [6, 6.07) is 13.1. The van der Waals surface area contributed by atoms with E-state index in [9.17, 15) is 4.79 Å². The van der Waals surface area contributed by atoms with Crippen molar-refractivity contribution in [3.8, 4) is 28.6 Å². The minimum Gasteiger partial charge on any atom is -0.497 e. The van der Waals surface area contributed by atoms with Crippen molar-refractivity contribution in [2.45, 2.75) is 45.8 Å². The van der Waals surface area contributed by atoms with Gasteiger partial charge in [0.15, 0.2) is 6.10 Å². The van der Waals surface area contributed by atoms with Gasteiger partial charge in [-0.3, -0.25) is 4.79 Å². The first-order valence-electron chi connectivity index (χ1n) is 10.3. The van der Waals surface area contributed by atoms with Crippen LogP contribution in [0.25, 0.3) is 11.4 Å². The van der Waals surface area contributed by atoms with E-state index in [0.717, 1.165) is 0 Å². The summed E-state index contributed by atoms with van der Waals surface area (Å²) in [5, 5.41) is 6.73. The molecule has 0 radical (unpaired) electrons. The van der Waals surface area contributed by atoms with Gasteiger partial charge in [-0.2, -0.15) is 4.98 Å². The second kappa shape index (κ2) is 9.72. The van der Waals surface area contributed by atoms with Crippen LogP contribution in [0.3, 0.4) is 0 Å². The molecule has 0 aliphatic heterocycles. The molecule has 0 saturated heterocycles. The fourth-order valence-corrected chi connectivity index (χ4v) is 3.02. The van der Waals surface area contributed by atoms with E-state index < -0.39 is 6.10 Å². The summed E-state index contributed by atoms with van der Waals surface area (Å²) in [6.07, 6.45) is -0.681. The number of hydrogen-bond acceptors (Lipinski definition) is 7. The van der Waals surface area contributed by atoms with Gasteiger partial charge in [0.1, 0.15) is 17.2 Å². The van der Waals surface area contributed by atoms with Gasteiger partial charge in [0, 0.05) is 6.07 Å². The first kappa shape index (κ1) is 23.1. The molecule has 2 aromatic carbocycles. The lowest BCUT2D eigenvalue weighted by Gasteiger charge is -2.20. The predicted octanol–water partition coefficient (Wildman–Crippen LogP) is 4.14. The number of benzene rings is 2. The van der Waals surface area contributed by atoms with Crippen LogP contribution in [0.1, 0.15) is 39.1 Å². The lowest BCUT2D eigenvalue weighted by Crippen LogP contribution is -2.36. The first-order chi connectivity index (χ1) is 15.2. The van der Waals surface area contributed by atoms with Gasteiger partial charge in [-0.25, -0.2) is 0 Å². The molecule has 1 N–H and O–H groups in total. The molecular weight excluding hydrogens is 410 g/mol. The van der Waals surface area contributed by atoms with Crippen LogP contribution in [-0.4, -0.2) is 36.4 Å². The Morgan fingerprint density at radius 1 is 1.06 bits per heavy atom. The van der Waals surface area contributed by atoms with Gasteiger partial charge >= 0.3 is 0 Å². The lowest BCUT2D eigenvalue weighted by atomic mass is 9.87. The minimum absolute atomic E-state index is 0.0558. The highest BCUT2D eigenvalue weighted by atomic mass is 16.5. The van der Waals surface area contributed by atoms with Gasteiger partial charge in [0.05, 0.1) is 26.3 Å². The molecule has 1 heterocycles. The SMILES string of the molecule is COc1ccc(-c2noc(CNC(=O)[C@@H](C)Oc3ccc(C(C)(C)C)cc3)n2)c(OC)c1. The van der Waals surface area contributed by atoms with Crippen molar-refractivity contribution in [1.29, 1.82) is 0 Å². The van der Waals surface area contributed by atoms with Gasteiger partial charge in [0.25, 0.3) is 5.91 Å². The summed E-state index contributed by atoms with van der Waals surface area (Å²) >= 11 is 0. The summed E-state index contributed by atoms with van der Waals surface area (Å²) in [4.78, 5) is 16.8. The minimum atomic E-state index is -0.681. The van der Waals surface area contributed by atoms with Crippen LogP contribution in [0.5, 0.6) is 17.2 Å². The molecule has 0 aliphatic carbocycles. The number of carbonyl (C=O) groups excluding carboxylic acids is 1. The number of methoxy groups -OCH3 is 2. The molecule has 0 spiro atoms. The summed E-state index contributed by atoms with van der Waals surface area (Å²) in [5.74, 6) is 2.19. The summed E-state index contributed by atoms with van der Waals surface area (Å²) in [6.45, 7) is 8.21. The smallest absolute Gasteiger partial charge is 0.261 e. The van der Waals surface area contributed by atoms with E-state index in [1.807, 2.05) is 24.3 Å². The van der Waals surface area contributed by atoms with E-state index in [1.54, 1.807) is 39.3 Å². The van der Waals surface area contributed by atoms with Crippen LogP contribution in [0.4, 0.5) is 0 Å². The normalized spacial score (nSPS) is 12.2. The molecule has 0 bridgehead atoms. The topological polar surface area (TPSA) is 95.7 Å². The third-order valence-electron chi connectivity index (χ3n) is 4.93. The third-order valence-corrected chi connectivity index (χ3v) is 4.93. The maximum absolute atomic E-state index is 12.4. The summed E-state index contributed by atoms with van der Waals surface area (Å²) in [7, 11) is 3.13. The Morgan fingerprint density at radius 2 is 1.75 bits per heavy atom. The Bertz CT molecular complexity index is 1050. The van der Waals surface area contributed by atoms with Crippen molar-refractivity contribution in [2.75, 3.05) is 14.2 Å². The number of hydrogen-bond donors (Lipinski definition) is 1. The maximum atomic E-state index is 12.4. The highest BCUT2D eigenvalue weighted by Gasteiger charge is 2.19. The van der Waals surface area contributed by atoms with E-state index >= 15 is 0 Å². The number of aromatic nitrogens is 2. The zero-order valence-corrected chi connectivity index (χ0v) is 19.3. The fourth-order valence-electron chi connectivity index (χ4n) is 3.02. The Morgan fingerprint density at radius 3 is 2.38 bits per heavy atom. The standard InChI is InChI=1S/C24H29N3O5/c1-15(31-17-9-7-16(8-10-17)24(2,3)4)23(28)25-14-21-26-22(27-32-21)19-12-11-18(29-5)13-20(19)30-6/h7-13,15H,14H2,1-6H3,(H,25,28)/t15-/m1/s1. The van der Waals surface area contributed by atoms with E-state index in [4.69, 9.17) is 18.7 Å². The molecule has 0 fully saturated rings. The van der Waals surface area contributed by atoms with Crippen LogP contribution < -0.4 is 19.5 Å². The van der Waals surface area contributed by atoms with E-state index in [0.29, 0.717) is 28.6 Å². The van der Waals surface area contributed by atoms with Crippen molar-refractivity contribution in [2.24, 2.45) is 0 Å². The molecule has 1 aromatic heterocycles. The monoisotopic (exact) mass is 439 g/mol. The molecule has 3 rings (SSSR count). The summed E-state index contributed by atoms with van der Waals surface area (Å²) in [5.41, 5.74) is 1.91. The second-order valence-corrected chi connectivity index (χ2v) is 8.33. The molecule has 1 amide bonds. The maximum Gasteiger partial charge on any atom is 0.261 e. The quantitative estimate of drug-likeness (QED) is 0.564. The highest BCUT2D eigenvalue weighted by molar-refractivity contribution is 5.80. The van der Waals surface area contributed by atoms with Crippen LogP contribution in [0.2, 0.25) is 0 Å². The third kappa shape index (κ3) is 5.57. The summed E-state index contributed by atoms with van der Waals surface area (Å²) < 4.78 is 21.6. The van der Waals surface area contributed by atoms with Gasteiger partial charge in [0.2, 0.25) is 11.7 Å². The van der Waals surface area contributed by atoms with Crippen LogP contribution >= 0.6 is 0 Å². The molecule has 3 aromatic rings. The number of ether oxygens (including phenoxy) is 3. The average molecular weight is 440 g/mol. The van der Waals surface area contributed by atoms with Gasteiger partial charge in [-0.05, 0) is 42.2 Å².